The van der Waals surface area contributed by atoms with Gasteiger partial charge >= 0.3 is 0 Å². The lowest BCUT2D eigenvalue weighted by Gasteiger charge is -2.21. The smallest absolute Gasteiger partial charge is 0.233 e. The first-order valence-corrected chi connectivity index (χ1v) is 12.7. The molecule has 9 heteroatoms. The highest BCUT2D eigenvalue weighted by Crippen LogP contribution is 2.39. The molecule has 0 saturated heterocycles. The molecular formula is C22H23ClN4O2S2. The number of para-hydroxylation sites is 1. The van der Waals surface area contributed by atoms with Gasteiger partial charge in [-0.3, -0.25) is 9.36 Å². The molecule has 162 valence electrons. The van der Waals surface area contributed by atoms with E-state index in [2.05, 4.69) is 31.6 Å². The number of thiophene rings is 1. The molecular weight excluding hydrogens is 452 g/mol. The van der Waals surface area contributed by atoms with Gasteiger partial charge in [0.05, 0.1) is 10.8 Å². The topological polar surface area (TPSA) is 60.2 Å². The summed E-state index contributed by atoms with van der Waals surface area (Å²) in [5.41, 5.74) is 1.20. The number of carbonyl (C=O) groups excluding carboxylic acids is 1. The van der Waals surface area contributed by atoms with Gasteiger partial charge in [-0.2, -0.15) is 11.3 Å². The van der Waals surface area contributed by atoms with Crippen molar-refractivity contribution < 1.29 is 9.53 Å². The average Bonchev–Trinajstić information content (AvgIpc) is 3.71. The summed E-state index contributed by atoms with van der Waals surface area (Å²) >= 11 is 9.34. The van der Waals surface area contributed by atoms with Crippen molar-refractivity contribution in [2.45, 2.75) is 56.1 Å². The van der Waals surface area contributed by atoms with Crippen LogP contribution in [0.5, 0.6) is 5.75 Å². The van der Waals surface area contributed by atoms with Gasteiger partial charge in [0.2, 0.25) is 5.91 Å². The van der Waals surface area contributed by atoms with Crippen LogP contribution in [-0.2, 0) is 17.9 Å². The number of thioether (sulfide) groups is 1. The summed E-state index contributed by atoms with van der Waals surface area (Å²) in [6.45, 7) is 0.994. The Morgan fingerprint density at radius 3 is 2.77 bits per heavy atom. The molecule has 2 aliphatic carbocycles. The second-order valence-corrected chi connectivity index (χ2v) is 10.0. The molecule has 0 radical (unpaired) electrons. The molecule has 0 unspecified atom stereocenters. The highest BCUT2D eigenvalue weighted by atomic mass is 35.5. The number of amides is 1. The van der Waals surface area contributed by atoms with Crippen LogP contribution in [0.25, 0.3) is 0 Å². The van der Waals surface area contributed by atoms with Gasteiger partial charge in [-0.1, -0.05) is 35.5 Å². The van der Waals surface area contributed by atoms with E-state index in [-0.39, 0.29) is 5.91 Å². The van der Waals surface area contributed by atoms with Crippen LogP contribution in [0.1, 0.15) is 43.1 Å². The Morgan fingerprint density at radius 1 is 1.23 bits per heavy atom. The maximum Gasteiger partial charge on any atom is 0.233 e. The van der Waals surface area contributed by atoms with Crippen LogP contribution in [0.15, 0.2) is 46.2 Å². The zero-order chi connectivity index (χ0) is 21.2. The number of ether oxygens (including phenoxy) is 1. The molecule has 5 rings (SSSR count). The van der Waals surface area contributed by atoms with Gasteiger partial charge in [0.25, 0.3) is 0 Å². The van der Waals surface area contributed by atoms with Crippen LogP contribution < -0.4 is 4.74 Å². The third kappa shape index (κ3) is 5.07. The lowest BCUT2D eigenvalue weighted by molar-refractivity contribution is -0.129. The van der Waals surface area contributed by atoms with Crippen molar-refractivity contribution in [2.24, 2.45) is 0 Å². The van der Waals surface area contributed by atoms with E-state index in [1.807, 2.05) is 23.1 Å². The molecule has 0 aliphatic heterocycles. The van der Waals surface area contributed by atoms with Crippen molar-refractivity contribution in [3.05, 3.63) is 57.5 Å². The summed E-state index contributed by atoms with van der Waals surface area (Å²) in [6, 6.07) is 10.3. The quantitative estimate of drug-likeness (QED) is 0.378. The zero-order valence-electron chi connectivity index (χ0n) is 16.9. The van der Waals surface area contributed by atoms with E-state index in [1.165, 1.54) is 17.3 Å². The number of benzene rings is 1. The summed E-state index contributed by atoms with van der Waals surface area (Å²) in [5, 5.41) is 14.3. The normalized spacial score (nSPS) is 15.8. The molecule has 3 aromatic rings. The average molecular weight is 475 g/mol. The first-order valence-electron chi connectivity index (χ1n) is 10.4. The largest absolute Gasteiger partial charge is 0.484 e. The third-order valence-corrected chi connectivity index (χ3v) is 7.38. The van der Waals surface area contributed by atoms with Crippen molar-refractivity contribution in [3.8, 4) is 5.75 Å². The first-order chi connectivity index (χ1) is 15.2. The summed E-state index contributed by atoms with van der Waals surface area (Å²) in [7, 11) is 0. The van der Waals surface area contributed by atoms with Crippen molar-refractivity contribution in [1.29, 1.82) is 0 Å². The van der Waals surface area contributed by atoms with Crippen LogP contribution >= 0.6 is 34.7 Å². The minimum absolute atomic E-state index is 0.165. The van der Waals surface area contributed by atoms with Gasteiger partial charge in [0.15, 0.2) is 11.0 Å². The van der Waals surface area contributed by atoms with E-state index in [9.17, 15) is 4.79 Å². The van der Waals surface area contributed by atoms with Crippen LogP contribution in [0.2, 0.25) is 5.02 Å². The highest BCUT2D eigenvalue weighted by molar-refractivity contribution is 7.99. The number of halogens is 1. The standard InChI is InChI=1S/C22H23ClN4O2S2/c23-18-3-1-2-4-19(18)29-12-20-24-25-22(27(20)17-7-8-17)31-14-21(28)26(16-5-6-16)11-15-9-10-30-13-15/h1-4,9-10,13,16-17H,5-8,11-12,14H2. The molecule has 0 spiro atoms. The first kappa shape index (κ1) is 20.8. The van der Waals surface area contributed by atoms with Crippen LogP contribution in [0.4, 0.5) is 0 Å². The van der Waals surface area contributed by atoms with Crippen molar-refractivity contribution in [3.63, 3.8) is 0 Å². The molecule has 2 aromatic heterocycles. The highest BCUT2D eigenvalue weighted by Gasteiger charge is 2.34. The summed E-state index contributed by atoms with van der Waals surface area (Å²) in [6.07, 6.45) is 4.40. The van der Waals surface area contributed by atoms with Gasteiger partial charge in [-0.25, -0.2) is 0 Å². The van der Waals surface area contributed by atoms with E-state index in [4.69, 9.17) is 16.3 Å². The molecule has 2 heterocycles. The minimum Gasteiger partial charge on any atom is -0.484 e. The Bertz CT molecular complexity index is 1050. The lowest BCUT2D eigenvalue weighted by atomic mass is 10.3. The molecule has 6 nitrogen and oxygen atoms in total. The molecule has 1 amide bonds. The number of hydrogen-bond donors (Lipinski definition) is 0. The van der Waals surface area contributed by atoms with E-state index in [1.54, 1.807) is 17.4 Å². The predicted octanol–water partition coefficient (Wildman–Crippen LogP) is 5.19. The Labute approximate surface area is 194 Å². The maximum atomic E-state index is 13.0. The van der Waals surface area contributed by atoms with Gasteiger partial charge in [0.1, 0.15) is 12.4 Å². The number of rotatable bonds is 10. The second kappa shape index (κ2) is 9.22. The van der Waals surface area contributed by atoms with Gasteiger partial charge < -0.3 is 9.64 Å². The second-order valence-electron chi connectivity index (χ2n) is 7.89. The molecule has 2 aliphatic rings. The van der Waals surface area contributed by atoms with Gasteiger partial charge in [0, 0.05) is 18.6 Å². The fourth-order valence-corrected chi connectivity index (χ4v) is 5.26. The van der Waals surface area contributed by atoms with E-state index in [0.29, 0.717) is 41.8 Å². The Hall–Kier alpha value is -2.03. The Kier molecular flexibility index (Phi) is 6.20. The van der Waals surface area contributed by atoms with Crippen LogP contribution in [-0.4, -0.2) is 37.4 Å². The number of carbonyl (C=O) groups is 1. The minimum atomic E-state index is 0.165. The third-order valence-electron chi connectivity index (χ3n) is 5.41. The molecule has 0 atom stereocenters. The molecule has 1 aromatic carbocycles. The van der Waals surface area contributed by atoms with Crippen molar-refractivity contribution in [1.82, 2.24) is 19.7 Å². The summed E-state index contributed by atoms with van der Waals surface area (Å²) < 4.78 is 8.01. The zero-order valence-corrected chi connectivity index (χ0v) is 19.3. The number of aromatic nitrogens is 3. The predicted molar refractivity (Wildman–Crippen MR) is 123 cm³/mol. The lowest BCUT2D eigenvalue weighted by Crippen LogP contribution is -2.33. The van der Waals surface area contributed by atoms with E-state index < -0.39 is 0 Å². The summed E-state index contributed by atoms with van der Waals surface area (Å²) in [5.74, 6) is 1.94. The monoisotopic (exact) mass is 474 g/mol. The van der Waals surface area contributed by atoms with Gasteiger partial charge in [-0.05, 0) is 60.2 Å². The van der Waals surface area contributed by atoms with E-state index in [0.717, 1.165) is 36.7 Å². The Morgan fingerprint density at radius 2 is 2.06 bits per heavy atom. The fourth-order valence-electron chi connectivity index (χ4n) is 3.50. The van der Waals surface area contributed by atoms with Crippen molar-refractivity contribution >= 4 is 40.6 Å². The van der Waals surface area contributed by atoms with Gasteiger partial charge in [-0.15, -0.1) is 10.2 Å². The molecule has 0 bridgehead atoms. The number of hydrogen-bond acceptors (Lipinski definition) is 6. The van der Waals surface area contributed by atoms with E-state index >= 15 is 0 Å². The molecule has 0 N–H and O–H groups in total. The maximum absolute atomic E-state index is 13.0. The van der Waals surface area contributed by atoms with Crippen LogP contribution in [0, 0.1) is 0 Å². The SMILES string of the molecule is O=C(CSc1nnc(COc2ccccc2Cl)n1C1CC1)N(Cc1ccsc1)C1CC1. The molecule has 2 fully saturated rings. The Balaban J connectivity index is 1.24. The summed E-state index contributed by atoms with van der Waals surface area (Å²) in [4.78, 5) is 15.0. The fraction of sp³-hybridized carbons (Fsp3) is 0.409. The number of nitrogens with zero attached hydrogens (tertiary/aromatic N) is 4. The van der Waals surface area contributed by atoms with Crippen LogP contribution in [0.3, 0.4) is 0 Å². The molecule has 2 saturated carbocycles. The molecule has 31 heavy (non-hydrogen) atoms. The van der Waals surface area contributed by atoms with Crippen molar-refractivity contribution in [2.75, 3.05) is 5.75 Å².